The number of nitrogens with one attached hydrogen (secondary N) is 2. The van der Waals surface area contributed by atoms with Gasteiger partial charge in [-0.15, -0.1) is 0 Å². The van der Waals surface area contributed by atoms with Crippen LogP contribution in [0.15, 0.2) is 30.5 Å². The zero-order valence-corrected chi connectivity index (χ0v) is 17.0. The number of halogens is 2. The van der Waals surface area contributed by atoms with Crippen LogP contribution in [-0.2, 0) is 16.1 Å². The Kier molecular flexibility index (Phi) is 6.03. The van der Waals surface area contributed by atoms with Gasteiger partial charge >= 0.3 is 0 Å². The van der Waals surface area contributed by atoms with Gasteiger partial charge in [-0.25, -0.2) is 9.37 Å². The zero-order valence-electron chi connectivity index (χ0n) is 16.2. The van der Waals surface area contributed by atoms with E-state index in [-0.39, 0.29) is 35.0 Å². The smallest absolute Gasteiger partial charge is 0.224 e. The van der Waals surface area contributed by atoms with Gasteiger partial charge in [-0.05, 0) is 54.0 Å². The van der Waals surface area contributed by atoms with E-state index in [9.17, 15) is 9.18 Å². The molecule has 10 heteroatoms. The molecule has 1 heterocycles. The molecule has 2 aliphatic rings. The van der Waals surface area contributed by atoms with Crippen LogP contribution in [0.5, 0.6) is 0 Å². The summed E-state index contributed by atoms with van der Waals surface area (Å²) in [4.78, 5) is 19.6. The Morgan fingerprint density at radius 2 is 2.20 bits per heavy atom. The van der Waals surface area contributed by atoms with Crippen LogP contribution in [0.1, 0.15) is 18.4 Å². The summed E-state index contributed by atoms with van der Waals surface area (Å²) in [7, 11) is 0. The lowest BCUT2D eigenvalue weighted by atomic mass is 9.81. The maximum atomic E-state index is 14.1. The standard InChI is InChI=1S/C20H24ClFN6O2/c21-20-25-7-14(22)19(28-20)27-17-13-5-11(16(17)18(24)29)6-15(13)26-9-30-8-10-2-1-3-12(23)4-10/h1-4,7,11,13,15-17,26H,5-6,8-9,23H2,(H2,24,29)(H,25,27,28). The number of nitrogen functional groups attached to an aromatic ring is 1. The second-order valence-electron chi connectivity index (χ2n) is 7.88. The molecule has 1 aromatic carbocycles. The molecule has 2 aromatic rings. The number of carbonyl (C=O) groups is 1. The van der Waals surface area contributed by atoms with Crippen LogP contribution in [0, 0.1) is 23.6 Å². The Bertz CT molecular complexity index is 932. The lowest BCUT2D eigenvalue weighted by molar-refractivity contribution is -0.123. The largest absolute Gasteiger partial charge is 0.399 e. The highest BCUT2D eigenvalue weighted by atomic mass is 35.5. The van der Waals surface area contributed by atoms with E-state index in [4.69, 9.17) is 27.8 Å². The average Bonchev–Trinajstić information content (AvgIpc) is 3.26. The molecule has 0 spiro atoms. The fourth-order valence-corrected chi connectivity index (χ4v) is 4.96. The third kappa shape index (κ3) is 4.33. The lowest BCUT2D eigenvalue weighted by Gasteiger charge is -2.35. The first-order valence-corrected chi connectivity index (χ1v) is 10.2. The van der Waals surface area contributed by atoms with Crippen LogP contribution in [0.3, 0.4) is 0 Å². The first-order chi connectivity index (χ1) is 14.4. The maximum absolute atomic E-state index is 14.1. The summed E-state index contributed by atoms with van der Waals surface area (Å²) in [6.07, 6.45) is 2.63. The zero-order chi connectivity index (χ0) is 21.3. The lowest BCUT2D eigenvalue weighted by Crippen LogP contribution is -2.50. The van der Waals surface area contributed by atoms with Gasteiger partial charge < -0.3 is 21.5 Å². The van der Waals surface area contributed by atoms with E-state index in [0.717, 1.165) is 24.6 Å². The van der Waals surface area contributed by atoms with Crippen molar-refractivity contribution in [1.82, 2.24) is 15.3 Å². The van der Waals surface area contributed by atoms with Crippen LogP contribution in [0.25, 0.3) is 0 Å². The molecule has 5 unspecified atom stereocenters. The predicted molar refractivity (Wildman–Crippen MR) is 111 cm³/mol. The van der Waals surface area contributed by atoms with Crippen LogP contribution in [0.4, 0.5) is 15.9 Å². The molecule has 0 aliphatic heterocycles. The number of nitrogens with zero attached hydrogens (tertiary/aromatic N) is 2. The average molecular weight is 435 g/mol. The van der Waals surface area contributed by atoms with Crippen molar-refractivity contribution in [2.45, 2.75) is 31.5 Å². The summed E-state index contributed by atoms with van der Waals surface area (Å²) >= 11 is 5.80. The minimum Gasteiger partial charge on any atom is -0.399 e. The molecule has 2 aliphatic carbocycles. The number of rotatable bonds is 8. The van der Waals surface area contributed by atoms with Crippen molar-refractivity contribution in [3.63, 3.8) is 0 Å². The van der Waals surface area contributed by atoms with Gasteiger partial charge in [-0.3, -0.25) is 10.1 Å². The van der Waals surface area contributed by atoms with Crippen molar-refractivity contribution in [3.05, 3.63) is 47.1 Å². The second kappa shape index (κ2) is 8.71. The maximum Gasteiger partial charge on any atom is 0.224 e. The van der Waals surface area contributed by atoms with Gasteiger partial charge in [0.1, 0.15) is 0 Å². The SMILES string of the molecule is NC(=O)C1C2CC(NCOCc3cccc(N)c3)C(C2)C1Nc1nc(Cl)ncc1F. The molecule has 5 atom stereocenters. The molecular formula is C20H24ClFN6O2. The van der Waals surface area contributed by atoms with Crippen molar-refractivity contribution in [1.29, 1.82) is 0 Å². The molecule has 30 heavy (non-hydrogen) atoms. The summed E-state index contributed by atoms with van der Waals surface area (Å²) < 4.78 is 19.9. The van der Waals surface area contributed by atoms with E-state index >= 15 is 0 Å². The number of anilines is 2. The highest BCUT2D eigenvalue weighted by molar-refractivity contribution is 6.28. The quantitative estimate of drug-likeness (QED) is 0.216. The fourth-order valence-electron chi connectivity index (χ4n) is 4.82. The highest BCUT2D eigenvalue weighted by Gasteiger charge is 2.55. The Morgan fingerprint density at radius 1 is 1.37 bits per heavy atom. The molecular weight excluding hydrogens is 411 g/mol. The third-order valence-corrected chi connectivity index (χ3v) is 6.20. The van der Waals surface area contributed by atoms with Gasteiger partial charge in [0.2, 0.25) is 11.2 Å². The van der Waals surface area contributed by atoms with Gasteiger partial charge in [0.15, 0.2) is 11.6 Å². The molecule has 2 bridgehead atoms. The van der Waals surface area contributed by atoms with Gasteiger partial charge in [-0.2, -0.15) is 4.98 Å². The molecule has 4 rings (SSSR count). The molecule has 2 saturated carbocycles. The topological polar surface area (TPSA) is 128 Å². The van der Waals surface area contributed by atoms with Crippen molar-refractivity contribution < 1.29 is 13.9 Å². The molecule has 8 nitrogen and oxygen atoms in total. The summed E-state index contributed by atoms with van der Waals surface area (Å²) in [5.74, 6) is -1.23. The van der Waals surface area contributed by atoms with Crippen molar-refractivity contribution in [2.75, 3.05) is 17.8 Å². The van der Waals surface area contributed by atoms with E-state index in [1.807, 2.05) is 24.3 Å². The highest BCUT2D eigenvalue weighted by Crippen LogP contribution is 2.49. The molecule has 160 valence electrons. The number of amides is 1. The van der Waals surface area contributed by atoms with E-state index in [1.165, 1.54) is 0 Å². The fraction of sp³-hybridized carbons (Fsp3) is 0.450. The number of fused-ring (bicyclic) bond motifs is 2. The number of ether oxygens (including phenoxy) is 1. The van der Waals surface area contributed by atoms with Gasteiger partial charge in [0, 0.05) is 17.8 Å². The second-order valence-corrected chi connectivity index (χ2v) is 8.22. The minimum atomic E-state index is -0.625. The van der Waals surface area contributed by atoms with Crippen molar-refractivity contribution in [3.8, 4) is 0 Å². The minimum absolute atomic E-state index is 0.0181. The summed E-state index contributed by atoms with van der Waals surface area (Å²) in [6.45, 7) is 0.791. The Balaban J connectivity index is 1.38. The van der Waals surface area contributed by atoms with Gasteiger partial charge in [-0.1, -0.05) is 12.1 Å². The number of primary amides is 1. The predicted octanol–water partition coefficient (Wildman–Crippen LogP) is 1.91. The van der Waals surface area contributed by atoms with Crippen LogP contribution >= 0.6 is 11.6 Å². The number of carbonyl (C=O) groups excluding carboxylic acids is 1. The van der Waals surface area contributed by atoms with E-state index in [1.54, 1.807) is 0 Å². The number of aromatic nitrogens is 2. The summed E-state index contributed by atoms with van der Waals surface area (Å²) in [6, 6.07) is 7.31. The number of nitrogens with two attached hydrogens (primary N) is 2. The molecule has 0 radical (unpaired) electrons. The first kappa shape index (κ1) is 20.8. The molecule has 0 saturated heterocycles. The normalized spacial score (nSPS) is 27.3. The first-order valence-electron chi connectivity index (χ1n) is 9.82. The van der Waals surface area contributed by atoms with E-state index in [2.05, 4.69) is 20.6 Å². The summed E-state index contributed by atoms with van der Waals surface area (Å²) in [5.41, 5.74) is 13.1. The Hall–Kier alpha value is -2.49. The number of benzene rings is 1. The monoisotopic (exact) mass is 434 g/mol. The van der Waals surface area contributed by atoms with Crippen molar-refractivity contribution >= 4 is 29.0 Å². The molecule has 1 aromatic heterocycles. The van der Waals surface area contributed by atoms with E-state index < -0.39 is 17.6 Å². The molecule has 6 N–H and O–H groups in total. The van der Waals surface area contributed by atoms with Gasteiger partial charge in [0.25, 0.3) is 0 Å². The van der Waals surface area contributed by atoms with Crippen LogP contribution in [0.2, 0.25) is 5.28 Å². The van der Waals surface area contributed by atoms with Gasteiger partial charge in [0.05, 0.1) is 25.5 Å². The number of hydrogen-bond acceptors (Lipinski definition) is 7. The molecule has 2 fully saturated rings. The van der Waals surface area contributed by atoms with E-state index in [0.29, 0.717) is 19.0 Å². The van der Waals surface area contributed by atoms with Crippen LogP contribution in [-0.4, -0.2) is 34.7 Å². The third-order valence-electron chi connectivity index (χ3n) is 6.02. The number of hydrogen-bond donors (Lipinski definition) is 4. The Morgan fingerprint density at radius 3 is 2.97 bits per heavy atom. The Labute approximate surface area is 178 Å². The molecule has 1 amide bonds. The van der Waals surface area contributed by atoms with Crippen LogP contribution < -0.4 is 22.1 Å². The van der Waals surface area contributed by atoms with Crippen molar-refractivity contribution in [2.24, 2.45) is 23.5 Å². The summed E-state index contributed by atoms with van der Waals surface area (Å²) in [5, 5.41) is 6.39.